The number of rotatable bonds is 0. The highest BCUT2D eigenvalue weighted by Gasteiger charge is 2.19. The van der Waals surface area contributed by atoms with Gasteiger partial charge in [-0.2, -0.15) is 6.08 Å². The molecule has 1 aliphatic heterocycles. The van der Waals surface area contributed by atoms with Gasteiger partial charge in [0.15, 0.2) is 0 Å². The zero-order valence-electron chi connectivity index (χ0n) is 8.79. The van der Waals surface area contributed by atoms with E-state index < -0.39 is 0 Å². The zero-order chi connectivity index (χ0) is 9.68. The van der Waals surface area contributed by atoms with Gasteiger partial charge in [-0.25, -0.2) is 0 Å². The van der Waals surface area contributed by atoms with E-state index in [0.717, 1.165) is 0 Å². The third-order valence-electron chi connectivity index (χ3n) is 2.17. The molecule has 0 bridgehead atoms. The maximum absolute atomic E-state index is 5.50. The Hall–Kier alpha value is -0.920. The van der Waals surface area contributed by atoms with Crippen molar-refractivity contribution in [3.8, 4) is 0 Å². The van der Waals surface area contributed by atoms with E-state index in [0.29, 0.717) is 6.10 Å². The number of nitrogens with zero attached hydrogens (tertiary/aromatic N) is 1. The maximum atomic E-state index is 5.50. The summed E-state index contributed by atoms with van der Waals surface area (Å²) in [6.45, 7) is 6.15. The third-order valence-corrected chi connectivity index (χ3v) is 2.17. The molecular weight excluding hydrogens is 162 g/mol. The van der Waals surface area contributed by atoms with Crippen molar-refractivity contribution in [2.45, 2.75) is 39.2 Å². The van der Waals surface area contributed by atoms with Gasteiger partial charge in [-0.3, -0.25) is 4.58 Å². The Morgan fingerprint density at radius 1 is 1.54 bits per heavy atom. The summed E-state index contributed by atoms with van der Waals surface area (Å²) < 4.78 is 7.46. The second kappa shape index (κ2) is 4.95. The van der Waals surface area contributed by atoms with E-state index in [-0.39, 0.29) is 0 Å². The Morgan fingerprint density at radius 3 is 3.08 bits per heavy atom. The van der Waals surface area contributed by atoms with Crippen LogP contribution < -0.4 is 0 Å². The summed E-state index contributed by atoms with van der Waals surface area (Å²) in [6, 6.07) is 0. The molecule has 0 fully saturated rings. The second-order valence-corrected chi connectivity index (χ2v) is 3.16. The molecule has 0 saturated carbocycles. The van der Waals surface area contributed by atoms with Crippen molar-refractivity contribution in [3.63, 3.8) is 0 Å². The highest BCUT2D eigenvalue weighted by atomic mass is 16.5. The Morgan fingerprint density at radius 2 is 2.31 bits per heavy atom. The fourth-order valence-corrected chi connectivity index (χ4v) is 1.59. The van der Waals surface area contributed by atoms with E-state index in [1.54, 1.807) is 6.40 Å². The minimum Gasteiger partial charge on any atom is -0.501 e. The van der Waals surface area contributed by atoms with Crippen molar-refractivity contribution in [3.05, 3.63) is 18.2 Å². The molecule has 0 aromatic heterocycles. The first-order valence-electron chi connectivity index (χ1n) is 5.12. The van der Waals surface area contributed by atoms with Gasteiger partial charge < -0.3 is 4.74 Å². The molecule has 2 heteroatoms. The summed E-state index contributed by atoms with van der Waals surface area (Å²) in [5.74, 6) is 0. The Bertz CT molecular complexity index is 218. The van der Waals surface area contributed by atoms with E-state index in [9.17, 15) is 0 Å². The molecule has 1 atom stereocenters. The number of allylic oxidation sites excluding steroid dienone is 1. The second-order valence-electron chi connectivity index (χ2n) is 3.16. The maximum Gasteiger partial charge on any atom is 0.232 e. The lowest BCUT2D eigenvalue weighted by atomic mass is 9.96. The molecule has 0 N–H and O–H groups in total. The summed E-state index contributed by atoms with van der Waals surface area (Å²) in [6.07, 6.45) is 8.05. The van der Waals surface area contributed by atoms with Crippen LogP contribution in [0.1, 0.15) is 33.1 Å². The number of likely N-dealkylation sites (N-methyl/N-ethyl adjacent to an activating group) is 1. The topological polar surface area (TPSA) is 12.2 Å². The predicted molar refractivity (Wildman–Crippen MR) is 54.7 cm³/mol. The normalized spacial score (nSPS) is 25.0. The van der Waals surface area contributed by atoms with Crippen LogP contribution >= 0.6 is 0 Å². The van der Waals surface area contributed by atoms with Crippen LogP contribution in [0.5, 0.6) is 0 Å². The third kappa shape index (κ3) is 2.51. The summed E-state index contributed by atoms with van der Waals surface area (Å²) in [4.78, 5) is 0. The van der Waals surface area contributed by atoms with Gasteiger partial charge in [0.2, 0.25) is 6.40 Å². The van der Waals surface area contributed by atoms with Crippen LogP contribution in [0, 0.1) is 6.54 Å². The molecule has 2 nitrogen and oxygen atoms in total. The molecular formula is C11H19NO. The average molecular weight is 181 g/mol. The van der Waals surface area contributed by atoms with Crippen molar-refractivity contribution < 1.29 is 9.31 Å². The van der Waals surface area contributed by atoms with Gasteiger partial charge in [-0.05, 0) is 6.42 Å². The first-order valence-corrected chi connectivity index (χ1v) is 5.12. The van der Waals surface area contributed by atoms with E-state index in [4.69, 9.17) is 4.74 Å². The lowest BCUT2D eigenvalue weighted by molar-refractivity contribution is -0.461. The minimum absolute atomic E-state index is 0.347. The van der Waals surface area contributed by atoms with Crippen LogP contribution in [0.3, 0.4) is 0 Å². The fraction of sp³-hybridized carbons (Fsp3) is 0.636. The van der Waals surface area contributed by atoms with Crippen molar-refractivity contribution in [1.29, 1.82) is 0 Å². The molecule has 74 valence electrons. The summed E-state index contributed by atoms with van der Waals surface area (Å²) in [5.41, 5.74) is 1.35. The van der Waals surface area contributed by atoms with Crippen molar-refractivity contribution in [1.82, 2.24) is 0 Å². The molecule has 13 heavy (non-hydrogen) atoms. The quantitative estimate of drug-likeness (QED) is 0.413. The van der Waals surface area contributed by atoms with Gasteiger partial charge in [0, 0.05) is 0 Å². The molecule has 1 heterocycles. The highest BCUT2D eigenvalue weighted by Crippen LogP contribution is 2.24. The van der Waals surface area contributed by atoms with Crippen LogP contribution in [-0.4, -0.2) is 24.1 Å². The lowest BCUT2D eigenvalue weighted by Gasteiger charge is -2.29. The van der Waals surface area contributed by atoms with E-state index in [1.807, 2.05) is 25.5 Å². The standard InChI is InChI=1S/C9H13NO.C2H6/c1-10-6-8-4-2-3-5-9(8)11-7-10;1-2/h4,6-7,9H,2-3,5H2,1H3;1-2H3. The van der Waals surface area contributed by atoms with Crippen LogP contribution in [0.25, 0.3) is 0 Å². The van der Waals surface area contributed by atoms with Gasteiger partial charge in [0.1, 0.15) is 7.05 Å². The molecule has 0 amide bonds. The van der Waals surface area contributed by atoms with Crippen molar-refractivity contribution in [2.75, 3.05) is 7.05 Å². The van der Waals surface area contributed by atoms with Crippen LogP contribution in [0.4, 0.5) is 0 Å². The molecule has 0 aromatic rings. The number of ether oxygens (including phenoxy) is 1. The van der Waals surface area contributed by atoms with Gasteiger partial charge in [0.05, 0.1) is 12.6 Å². The van der Waals surface area contributed by atoms with Crippen LogP contribution in [0.15, 0.2) is 11.6 Å². The van der Waals surface area contributed by atoms with Crippen LogP contribution in [0.2, 0.25) is 0 Å². The van der Waals surface area contributed by atoms with Crippen LogP contribution in [-0.2, 0) is 4.74 Å². The summed E-state index contributed by atoms with van der Waals surface area (Å²) in [7, 11) is 1.99. The monoisotopic (exact) mass is 181 g/mol. The van der Waals surface area contributed by atoms with E-state index in [1.165, 1.54) is 24.8 Å². The molecule has 2 rings (SSSR count). The SMILES string of the molecule is CC.C[N+]1=COC2CCCC=C2[CH-]1. The molecule has 2 aliphatic rings. The first-order chi connectivity index (χ1) is 6.36. The summed E-state index contributed by atoms with van der Waals surface area (Å²) >= 11 is 0. The molecule has 0 saturated heterocycles. The Kier molecular flexibility index (Phi) is 3.87. The average Bonchev–Trinajstić information content (AvgIpc) is 2.21. The molecule has 0 spiro atoms. The molecule has 0 radical (unpaired) electrons. The fourth-order valence-electron chi connectivity index (χ4n) is 1.59. The first kappa shape index (κ1) is 10.2. The Labute approximate surface area is 80.9 Å². The van der Waals surface area contributed by atoms with E-state index >= 15 is 0 Å². The van der Waals surface area contributed by atoms with Crippen molar-refractivity contribution in [2.24, 2.45) is 0 Å². The zero-order valence-corrected chi connectivity index (χ0v) is 8.79. The highest BCUT2D eigenvalue weighted by molar-refractivity contribution is 5.44. The minimum atomic E-state index is 0.347. The number of fused-ring (bicyclic) bond motifs is 1. The molecule has 1 aliphatic carbocycles. The Balaban J connectivity index is 0.000000396. The molecule has 0 aromatic carbocycles. The van der Waals surface area contributed by atoms with Gasteiger partial charge in [-0.1, -0.05) is 32.3 Å². The van der Waals surface area contributed by atoms with Crippen molar-refractivity contribution >= 4 is 6.40 Å². The lowest BCUT2D eigenvalue weighted by Crippen LogP contribution is -2.28. The largest absolute Gasteiger partial charge is 0.501 e. The van der Waals surface area contributed by atoms with Gasteiger partial charge >= 0.3 is 0 Å². The van der Waals surface area contributed by atoms with Gasteiger partial charge in [0.25, 0.3) is 0 Å². The number of hydrogen-bond acceptors (Lipinski definition) is 1. The predicted octanol–water partition coefficient (Wildman–Crippen LogP) is 2.35. The van der Waals surface area contributed by atoms with E-state index in [2.05, 4.69) is 12.6 Å². The molecule has 1 unspecified atom stereocenters. The number of hydrogen-bond donors (Lipinski definition) is 0. The summed E-state index contributed by atoms with van der Waals surface area (Å²) in [5, 5.41) is 0. The smallest absolute Gasteiger partial charge is 0.232 e. The van der Waals surface area contributed by atoms with Gasteiger partial charge in [-0.15, -0.1) is 0 Å².